The number of aromatic nitrogens is 3. The first-order chi connectivity index (χ1) is 28.7. The van der Waals surface area contributed by atoms with Gasteiger partial charge in [-0.2, -0.15) is 0 Å². The second kappa shape index (κ2) is 12.0. The van der Waals surface area contributed by atoms with E-state index >= 15 is 0 Å². The molecule has 0 N–H and O–H groups in total. The van der Waals surface area contributed by atoms with Gasteiger partial charge in [0.15, 0.2) is 17.5 Å². The van der Waals surface area contributed by atoms with Crippen LogP contribution in [0.25, 0.3) is 67.2 Å². The van der Waals surface area contributed by atoms with E-state index in [-0.39, 0.29) is 10.8 Å². The van der Waals surface area contributed by atoms with Gasteiger partial charge in [-0.15, -0.1) is 0 Å². The Balaban J connectivity index is 1.10. The summed E-state index contributed by atoms with van der Waals surface area (Å²) in [4.78, 5) is 16.0. The van der Waals surface area contributed by atoms with Gasteiger partial charge in [0.25, 0.3) is 0 Å². The Morgan fingerprint density at radius 1 is 0.288 bits per heavy atom. The molecule has 1 spiro atoms. The highest BCUT2D eigenvalue weighted by molar-refractivity contribution is 5.91. The molecule has 0 aliphatic heterocycles. The van der Waals surface area contributed by atoms with Gasteiger partial charge in [-0.3, -0.25) is 0 Å². The van der Waals surface area contributed by atoms with Crippen LogP contribution in [0.4, 0.5) is 0 Å². The van der Waals surface area contributed by atoms with E-state index in [1.807, 2.05) is 0 Å². The molecule has 1 heterocycles. The van der Waals surface area contributed by atoms with Crippen LogP contribution in [-0.4, -0.2) is 15.0 Å². The molecule has 9 aromatic rings. The highest BCUT2D eigenvalue weighted by atomic mass is 15.0. The van der Waals surface area contributed by atoms with Crippen LogP contribution in [0, 0.1) is 0 Å². The van der Waals surface area contributed by atoms with Gasteiger partial charge in [-0.05, 0) is 95.7 Å². The fourth-order valence-corrected chi connectivity index (χ4v) is 10.9. The quantitative estimate of drug-likeness (QED) is 0.180. The van der Waals surface area contributed by atoms with Crippen molar-refractivity contribution in [1.29, 1.82) is 0 Å². The molecule has 3 heteroatoms. The zero-order chi connectivity index (χ0) is 39.7. The number of fused-ring (bicyclic) bond motifs is 13. The summed E-state index contributed by atoms with van der Waals surface area (Å²) < 4.78 is 0. The Hall–Kier alpha value is -6.97. The van der Waals surface area contributed by atoms with Gasteiger partial charge >= 0.3 is 0 Å². The first-order valence-corrected chi connectivity index (χ1v) is 20.7. The maximum Gasteiger partial charge on any atom is 0.164 e. The maximum absolute atomic E-state index is 5.38. The van der Waals surface area contributed by atoms with Gasteiger partial charge in [-0.1, -0.05) is 185 Å². The summed E-state index contributed by atoms with van der Waals surface area (Å²) in [5.74, 6) is 1.99. The first-order valence-electron chi connectivity index (χ1n) is 20.7. The Morgan fingerprint density at radius 3 is 1.29 bits per heavy atom. The van der Waals surface area contributed by atoms with Crippen LogP contribution in [0.1, 0.15) is 72.2 Å². The monoisotopic (exact) mass is 755 g/mol. The number of benzene rings is 8. The van der Waals surface area contributed by atoms with E-state index in [0.717, 1.165) is 22.1 Å². The second-order valence-corrected chi connectivity index (χ2v) is 17.6. The number of nitrogens with zero attached hydrogens (tertiary/aromatic N) is 3. The molecule has 1 aromatic heterocycles. The molecule has 3 aliphatic rings. The third-order valence-corrected chi connectivity index (χ3v) is 13.8. The molecule has 0 unspecified atom stereocenters. The lowest BCUT2D eigenvalue weighted by molar-refractivity contribution is 0.563. The van der Waals surface area contributed by atoms with Crippen LogP contribution in [0.5, 0.6) is 0 Å². The molecule has 0 radical (unpaired) electrons. The Bertz CT molecular complexity index is 3190. The largest absolute Gasteiger partial charge is 0.208 e. The molecule has 0 fully saturated rings. The van der Waals surface area contributed by atoms with Gasteiger partial charge in [0.1, 0.15) is 0 Å². The van der Waals surface area contributed by atoms with Crippen molar-refractivity contribution in [1.82, 2.24) is 15.0 Å². The van der Waals surface area contributed by atoms with Crippen LogP contribution >= 0.6 is 0 Å². The van der Waals surface area contributed by atoms with Crippen molar-refractivity contribution in [3.05, 3.63) is 220 Å². The highest BCUT2D eigenvalue weighted by Crippen LogP contribution is 2.62. The molecular formula is C56H41N3. The molecular weight excluding hydrogens is 715 g/mol. The van der Waals surface area contributed by atoms with Crippen molar-refractivity contribution in [3.63, 3.8) is 0 Å². The van der Waals surface area contributed by atoms with E-state index in [1.165, 1.54) is 72.1 Å². The first kappa shape index (κ1) is 34.1. The zero-order valence-electron chi connectivity index (χ0n) is 33.6. The average molecular weight is 756 g/mol. The standard InChI is InChI=1S/C56H41N3/c1-54(2)43-19-9-7-17-39(43)41-29-27-37(32-49(41)54)52-57-51(36-26-25-34-15-5-6-16-35(34)31-36)58-53(59-52)38-28-30-42-40-18-8-10-20-44(40)56(50(42)33-38)47-23-13-11-21-45(47)55(3,4)46-22-12-14-24-48(46)56/h5-33H,1-4H3. The topological polar surface area (TPSA) is 38.7 Å². The molecule has 0 bridgehead atoms. The van der Waals surface area contributed by atoms with Gasteiger partial charge in [0, 0.05) is 27.5 Å². The fraction of sp³-hybridized carbons (Fsp3) is 0.125. The SMILES string of the molecule is CC1(C)c2ccccc2-c2ccc(-c3nc(-c4ccc5c(c4)C4(c6ccccc6-5)c5ccccc5C(C)(C)c5ccccc54)nc(-c4ccc5ccccc5c4)n3)cc21. The predicted octanol–water partition coefficient (Wildman–Crippen LogP) is 13.3. The van der Waals surface area contributed by atoms with E-state index in [0.29, 0.717) is 17.5 Å². The molecule has 0 saturated carbocycles. The van der Waals surface area contributed by atoms with Gasteiger partial charge in [-0.25, -0.2) is 15.0 Å². The van der Waals surface area contributed by atoms with E-state index in [9.17, 15) is 0 Å². The third-order valence-electron chi connectivity index (χ3n) is 13.8. The number of hydrogen-bond acceptors (Lipinski definition) is 3. The average Bonchev–Trinajstić information content (AvgIpc) is 3.70. The lowest BCUT2D eigenvalue weighted by Crippen LogP contribution is -2.40. The van der Waals surface area contributed by atoms with Crippen molar-refractivity contribution < 1.29 is 0 Å². The summed E-state index contributed by atoms with van der Waals surface area (Å²) in [7, 11) is 0. The summed E-state index contributed by atoms with van der Waals surface area (Å²) >= 11 is 0. The normalized spacial score (nSPS) is 15.5. The molecule has 0 amide bonds. The molecule has 59 heavy (non-hydrogen) atoms. The van der Waals surface area contributed by atoms with Crippen LogP contribution in [0.15, 0.2) is 176 Å². The predicted molar refractivity (Wildman–Crippen MR) is 241 cm³/mol. The minimum Gasteiger partial charge on any atom is -0.208 e. The van der Waals surface area contributed by atoms with Crippen molar-refractivity contribution in [2.75, 3.05) is 0 Å². The Kier molecular flexibility index (Phi) is 6.96. The molecule has 0 atom stereocenters. The summed E-state index contributed by atoms with van der Waals surface area (Å²) in [5.41, 5.74) is 17.8. The van der Waals surface area contributed by atoms with Crippen LogP contribution < -0.4 is 0 Å². The van der Waals surface area contributed by atoms with Crippen LogP contribution in [0.2, 0.25) is 0 Å². The summed E-state index contributed by atoms with van der Waals surface area (Å²) in [6.07, 6.45) is 0. The van der Waals surface area contributed by atoms with E-state index in [4.69, 9.17) is 15.0 Å². The molecule has 280 valence electrons. The lowest BCUT2D eigenvalue weighted by atomic mass is 9.55. The lowest BCUT2D eigenvalue weighted by Gasteiger charge is -2.46. The summed E-state index contributed by atoms with van der Waals surface area (Å²) in [6.45, 7) is 9.38. The van der Waals surface area contributed by atoms with E-state index in [2.05, 4.69) is 204 Å². The highest BCUT2D eigenvalue weighted by Gasteiger charge is 2.53. The summed E-state index contributed by atoms with van der Waals surface area (Å²) in [6, 6.07) is 64.6. The van der Waals surface area contributed by atoms with Gasteiger partial charge in [0.05, 0.1) is 5.41 Å². The molecule has 3 aliphatic carbocycles. The van der Waals surface area contributed by atoms with E-state index < -0.39 is 5.41 Å². The summed E-state index contributed by atoms with van der Waals surface area (Å²) in [5, 5.41) is 2.34. The Labute approximate surface area is 345 Å². The Morgan fingerprint density at radius 2 is 0.678 bits per heavy atom. The van der Waals surface area contributed by atoms with Crippen LogP contribution in [0.3, 0.4) is 0 Å². The molecule has 12 rings (SSSR count). The smallest absolute Gasteiger partial charge is 0.164 e. The van der Waals surface area contributed by atoms with Crippen molar-refractivity contribution in [3.8, 4) is 56.4 Å². The van der Waals surface area contributed by atoms with E-state index in [1.54, 1.807) is 0 Å². The minimum atomic E-state index is -0.512. The molecule has 3 nitrogen and oxygen atoms in total. The number of hydrogen-bond donors (Lipinski definition) is 0. The minimum absolute atomic E-state index is 0.149. The zero-order valence-corrected chi connectivity index (χ0v) is 33.6. The van der Waals surface area contributed by atoms with Crippen molar-refractivity contribution in [2.24, 2.45) is 0 Å². The van der Waals surface area contributed by atoms with Crippen LogP contribution in [-0.2, 0) is 16.2 Å². The molecule has 0 saturated heterocycles. The van der Waals surface area contributed by atoms with Crippen molar-refractivity contribution in [2.45, 2.75) is 43.9 Å². The van der Waals surface area contributed by atoms with Gasteiger partial charge < -0.3 is 0 Å². The maximum atomic E-state index is 5.38. The third kappa shape index (κ3) is 4.62. The van der Waals surface area contributed by atoms with Gasteiger partial charge in [0.2, 0.25) is 0 Å². The number of rotatable bonds is 3. The fourth-order valence-electron chi connectivity index (χ4n) is 10.9. The molecule has 8 aromatic carbocycles. The second-order valence-electron chi connectivity index (χ2n) is 17.6. The van der Waals surface area contributed by atoms with Crippen molar-refractivity contribution >= 4 is 10.8 Å².